The van der Waals surface area contributed by atoms with E-state index in [2.05, 4.69) is 4.98 Å². The molecule has 0 fully saturated rings. The maximum absolute atomic E-state index is 6.18. The molecule has 0 aliphatic carbocycles. The van der Waals surface area contributed by atoms with E-state index in [1.807, 2.05) is 54.6 Å². The Morgan fingerprint density at radius 3 is 1.74 bits per heavy atom. The number of nitrogens with zero attached hydrogens (tertiary/aromatic N) is 1. The average molecular weight is 434 g/mol. The van der Waals surface area contributed by atoms with Crippen molar-refractivity contribution in [1.29, 1.82) is 0 Å². The van der Waals surface area contributed by atoms with Crippen molar-refractivity contribution in [3.8, 4) is 33.9 Å². The number of aromatic amines is 1. The van der Waals surface area contributed by atoms with Gasteiger partial charge in [0, 0.05) is 26.7 Å². The molecule has 0 unspecified atom stereocenters. The molecule has 0 aliphatic rings. The lowest BCUT2D eigenvalue weighted by atomic mass is 10.1. The van der Waals surface area contributed by atoms with Crippen molar-refractivity contribution in [3.05, 3.63) is 86.8 Å². The summed E-state index contributed by atoms with van der Waals surface area (Å²) in [5.41, 5.74) is 4.47. The zero-order valence-corrected chi connectivity index (χ0v) is 16.8. The minimum absolute atomic E-state index is 0.478. The molecule has 1 heterocycles. The van der Waals surface area contributed by atoms with Crippen molar-refractivity contribution in [2.24, 2.45) is 0 Å². The number of imidazole rings is 1. The fraction of sp³-hybridized carbons (Fsp3) is 0. The number of nitrogens with one attached hydrogen (secondary N) is 1. The summed E-state index contributed by atoms with van der Waals surface area (Å²) in [4.78, 5) is 8.22. The van der Waals surface area contributed by atoms with Crippen molar-refractivity contribution in [2.45, 2.75) is 0 Å². The van der Waals surface area contributed by atoms with Gasteiger partial charge in [0.2, 0.25) is 0 Å². The van der Waals surface area contributed by atoms with Crippen LogP contribution in [0.4, 0.5) is 0 Å². The Morgan fingerprint density at radius 2 is 1.15 bits per heavy atom. The van der Waals surface area contributed by atoms with Gasteiger partial charge in [0.1, 0.15) is 5.82 Å². The molecule has 0 saturated heterocycles. The second-order valence-electron chi connectivity index (χ2n) is 5.95. The van der Waals surface area contributed by atoms with Gasteiger partial charge in [-0.3, -0.25) is 0 Å². The van der Waals surface area contributed by atoms with E-state index < -0.39 is 0 Å². The van der Waals surface area contributed by atoms with E-state index in [4.69, 9.17) is 51.4 Å². The van der Waals surface area contributed by atoms with Crippen LogP contribution in [-0.2, 0) is 0 Å². The first-order valence-corrected chi connectivity index (χ1v) is 9.60. The molecule has 0 atom stereocenters. The van der Waals surface area contributed by atoms with Crippen molar-refractivity contribution >= 4 is 46.4 Å². The lowest BCUT2D eigenvalue weighted by Crippen LogP contribution is -1.83. The van der Waals surface area contributed by atoms with Gasteiger partial charge in [0.15, 0.2) is 0 Å². The summed E-state index contributed by atoms with van der Waals surface area (Å²) in [6.45, 7) is 0. The molecule has 0 spiro atoms. The fourth-order valence-electron chi connectivity index (χ4n) is 2.80. The molecular weight excluding hydrogens is 422 g/mol. The maximum Gasteiger partial charge on any atom is 0.138 e. The molecule has 0 amide bonds. The molecule has 2 nitrogen and oxygen atoms in total. The smallest absolute Gasteiger partial charge is 0.138 e. The van der Waals surface area contributed by atoms with Crippen LogP contribution in [0, 0.1) is 0 Å². The van der Waals surface area contributed by atoms with E-state index in [1.54, 1.807) is 12.1 Å². The van der Waals surface area contributed by atoms with Crippen LogP contribution in [0.3, 0.4) is 0 Å². The summed E-state index contributed by atoms with van der Waals surface area (Å²) in [6, 6.07) is 20.6. The molecule has 0 aliphatic heterocycles. The Bertz CT molecular complexity index is 1040. The predicted octanol–water partition coefficient (Wildman–Crippen LogP) is 8.02. The highest BCUT2D eigenvalue weighted by atomic mass is 35.5. The van der Waals surface area contributed by atoms with Crippen molar-refractivity contribution in [2.75, 3.05) is 0 Å². The Balaban J connectivity index is 1.89. The molecule has 1 aromatic heterocycles. The lowest BCUT2D eigenvalue weighted by Gasteiger charge is -2.03. The minimum atomic E-state index is 0.478. The highest BCUT2D eigenvalue weighted by molar-refractivity contribution is 6.42. The summed E-state index contributed by atoms with van der Waals surface area (Å²) >= 11 is 24.3. The molecule has 0 saturated carbocycles. The Labute approximate surface area is 176 Å². The topological polar surface area (TPSA) is 28.7 Å². The number of aromatic nitrogens is 2. The molecule has 0 radical (unpaired) electrons. The van der Waals surface area contributed by atoms with Crippen LogP contribution in [0.5, 0.6) is 0 Å². The fourth-order valence-corrected chi connectivity index (χ4v) is 3.35. The minimum Gasteiger partial charge on any atom is -0.337 e. The number of hydrogen-bond acceptors (Lipinski definition) is 1. The molecule has 134 valence electrons. The Hall–Kier alpha value is -1.97. The van der Waals surface area contributed by atoms with Crippen LogP contribution in [0.15, 0.2) is 66.7 Å². The summed E-state index contributed by atoms with van der Waals surface area (Å²) in [5.74, 6) is 0.698. The predicted molar refractivity (Wildman–Crippen MR) is 115 cm³/mol. The van der Waals surface area contributed by atoms with E-state index in [-0.39, 0.29) is 0 Å². The van der Waals surface area contributed by atoms with Crippen LogP contribution in [-0.4, -0.2) is 9.97 Å². The molecular formula is C21H12Cl4N2. The van der Waals surface area contributed by atoms with Gasteiger partial charge in [-0.2, -0.15) is 0 Å². The summed E-state index contributed by atoms with van der Waals surface area (Å²) in [7, 11) is 0. The number of hydrogen-bond donors (Lipinski definition) is 1. The molecule has 4 rings (SSSR count). The summed E-state index contributed by atoms with van der Waals surface area (Å²) in [6.07, 6.45) is 0. The third-order valence-corrected chi connectivity index (χ3v) is 5.39. The lowest BCUT2D eigenvalue weighted by molar-refractivity contribution is 1.31. The third-order valence-electron chi connectivity index (χ3n) is 4.15. The van der Waals surface area contributed by atoms with Gasteiger partial charge in [0.05, 0.1) is 21.4 Å². The number of H-pyrrole nitrogens is 1. The molecule has 0 bridgehead atoms. The van der Waals surface area contributed by atoms with Gasteiger partial charge in [-0.1, -0.05) is 70.7 Å². The van der Waals surface area contributed by atoms with E-state index in [1.165, 1.54) is 0 Å². The normalized spacial score (nSPS) is 11.0. The summed E-state index contributed by atoms with van der Waals surface area (Å²) < 4.78 is 0. The molecule has 1 N–H and O–H groups in total. The molecule has 6 heteroatoms. The SMILES string of the molecule is Clc1ccc(-c2nc(-c3ccc(Cl)c(Cl)c3)[nH]c2-c2ccc(Cl)cc2)cc1. The second-order valence-corrected chi connectivity index (χ2v) is 7.64. The van der Waals surface area contributed by atoms with Crippen LogP contribution < -0.4 is 0 Å². The zero-order chi connectivity index (χ0) is 19.0. The van der Waals surface area contributed by atoms with Gasteiger partial charge in [-0.15, -0.1) is 0 Å². The van der Waals surface area contributed by atoms with Crippen molar-refractivity contribution in [1.82, 2.24) is 9.97 Å². The first kappa shape index (κ1) is 18.4. The molecule has 27 heavy (non-hydrogen) atoms. The van der Waals surface area contributed by atoms with Gasteiger partial charge >= 0.3 is 0 Å². The summed E-state index contributed by atoms with van der Waals surface area (Å²) in [5, 5.41) is 2.33. The van der Waals surface area contributed by atoms with E-state index in [0.717, 1.165) is 28.1 Å². The van der Waals surface area contributed by atoms with Crippen LogP contribution in [0.2, 0.25) is 20.1 Å². The maximum atomic E-state index is 6.18. The zero-order valence-electron chi connectivity index (χ0n) is 13.8. The first-order chi connectivity index (χ1) is 13.0. The highest BCUT2D eigenvalue weighted by Crippen LogP contribution is 2.35. The number of rotatable bonds is 3. The van der Waals surface area contributed by atoms with Gasteiger partial charge < -0.3 is 4.98 Å². The van der Waals surface area contributed by atoms with Crippen molar-refractivity contribution < 1.29 is 0 Å². The van der Waals surface area contributed by atoms with Gasteiger partial charge in [-0.25, -0.2) is 4.98 Å². The number of halogens is 4. The number of benzene rings is 3. The third kappa shape index (κ3) is 3.85. The van der Waals surface area contributed by atoms with Gasteiger partial charge in [-0.05, 0) is 42.5 Å². The van der Waals surface area contributed by atoms with E-state index in [9.17, 15) is 0 Å². The van der Waals surface area contributed by atoms with Crippen molar-refractivity contribution in [3.63, 3.8) is 0 Å². The van der Waals surface area contributed by atoms with Gasteiger partial charge in [0.25, 0.3) is 0 Å². The van der Waals surface area contributed by atoms with Crippen LogP contribution >= 0.6 is 46.4 Å². The molecule has 3 aromatic carbocycles. The highest BCUT2D eigenvalue weighted by Gasteiger charge is 2.16. The largest absolute Gasteiger partial charge is 0.337 e. The Morgan fingerprint density at radius 1 is 0.593 bits per heavy atom. The van der Waals surface area contributed by atoms with Crippen LogP contribution in [0.25, 0.3) is 33.9 Å². The Kier molecular flexibility index (Phi) is 5.16. The quantitative estimate of drug-likeness (QED) is 0.348. The standard InChI is InChI=1S/C21H12Cl4N2/c22-15-6-1-12(2-7-15)19-20(13-3-8-16(23)9-4-13)27-21(26-19)14-5-10-17(24)18(25)11-14/h1-11H,(H,26,27). The monoisotopic (exact) mass is 432 g/mol. The molecule has 4 aromatic rings. The second kappa shape index (κ2) is 7.57. The van der Waals surface area contributed by atoms with Crippen LogP contribution in [0.1, 0.15) is 0 Å². The average Bonchev–Trinajstić information content (AvgIpc) is 3.10. The van der Waals surface area contributed by atoms with E-state index in [0.29, 0.717) is 25.9 Å². The first-order valence-electron chi connectivity index (χ1n) is 8.08. The van der Waals surface area contributed by atoms with E-state index >= 15 is 0 Å².